The topological polar surface area (TPSA) is 47.6 Å². The maximum atomic E-state index is 12.3. The molecule has 0 bridgehead atoms. The zero-order chi connectivity index (χ0) is 18.1. The maximum absolute atomic E-state index is 12.3. The third kappa shape index (κ3) is 5.91. The van der Waals surface area contributed by atoms with E-state index in [0.717, 1.165) is 22.4 Å². The van der Waals surface area contributed by atoms with Gasteiger partial charge in [0.2, 0.25) is 0 Å². The van der Waals surface area contributed by atoms with Crippen LogP contribution in [0.5, 0.6) is 5.75 Å². The quantitative estimate of drug-likeness (QED) is 0.706. The van der Waals surface area contributed by atoms with E-state index in [-0.39, 0.29) is 5.91 Å². The van der Waals surface area contributed by atoms with Crippen molar-refractivity contribution in [1.29, 1.82) is 0 Å². The van der Waals surface area contributed by atoms with Gasteiger partial charge in [0.15, 0.2) is 6.10 Å². The number of nitrogens with one attached hydrogen (secondary N) is 1. The normalized spacial score (nSPS) is 11.8. The standard InChI is InChI=1S/C21H27NO3/c1-4-19(25-20-12-8-9-16(2)17(20)3)21(23)22-13-14-24-15-18-10-6-5-7-11-18/h5-12,19H,4,13-15H2,1-3H3,(H,22,23). The van der Waals surface area contributed by atoms with Gasteiger partial charge in [-0.1, -0.05) is 49.4 Å². The number of hydrogen-bond donors (Lipinski definition) is 1. The highest BCUT2D eigenvalue weighted by Gasteiger charge is 2.18. The van der Waals surface area contributed by atoms with Crippen molar-refractivity contribution < 1.29 is 14.3 Å². The van der Waals surface area contributed by atoms with Crippen LogP contribution in [0.15, 0.2) is 48.5 Å². The number of rotatable bonds is 9. The van der Waals surface area contributed by atoms with E-state index in [1.54, 1.807) is 0 Å². The van der Waals surface area contributed by atoms with Crippen molar-refractivity contribution >= 4 is 5.91 Å². The molecular formula is C21H27NO3. The second-order valence-electron chi connectivity index (χ2n) is 6.04. The molecule has 0 aliphatic heterocycles. The van der Waals surface area contributed by atoms with Crippen molar-refractivity contribution in [3.63, 3.8) is 0 Å². The summed E-state index contributed by atoms with van der Waals surface area (Å²) in [6, 6.07) is 15.9. The first kappa shape index (κ1) is 19.0. The molecule has 0 radical (unpaired) electrons. The van der Waals surface area contributed by atoms with Crippen molar-refractivity contribution in [3.8, 4) is 5.75 Å². The Morgan fingerprint density at radius 3 is 2.56 bits per heavy atom. The third-order valence-electron chi connectivity index (χ3n) is 4.14. The van der Waals surface area contributed by atoms with Gasteiger partial charge in [0, 0.05) is 6.54 Å². The summed E-state index contributed by atoms with van der Waals surface area (Å²) in [7, 11) is 0. The van der Waals surface area contributed by atoms with Crippen molar-refractivity contribution in [2.24, 2.45) is 0 Å². The Morgan fingerprint density at radius 1 is 1.08 bits per heavy atom. The summed E-state index contributed by atoms with van der Waals surface area (Å²) in [5, 5.41) is 2.89. The van der Waals surface area contributed by atoms with Crippen LogP contribution in [0.1, 0.15) is 30.0 Å². The molecule has 0 saturated carbocycles. The van der Waals surface area contributed by atoms with Gasteiger partial charge in [-0.25, -0.2) is 0 Å². The summed E-state index contributed by atoms with van der Waals surface area (Å²) < 4.78 is 11.5. The van der Waals surface area contributed by atoms with E-state index in [2.05, 4.69) is 5.32 Å². The van der Waals surface area contributed by atoms with Crippen LogP contribution in [0.4, 0.5) is 0 Å². The van der Waals surface area contributed by atoms with E-state index < -0.39 is 6.10 Å². The molecule has 2 aromatic carbocycles. The van der Waals surface area contributed by atoms with Gasteiger partial charge >= 0.3 is 0 Å². The fourth-order valence-corrected chi connectivity index (χ4v) is 2.45. The summed E-state index contributed by atoms with van der Waals surface area (Å²) in [5.74, 6) is 0.661. The Hall–Kier alpha value is -2.33. The van der Waals surface area contributed by atoms with Crippen LogP contribution < -0.4 is 10.1 Å². The minimum Gasteiger partial charge on any atom is -0.480 e. The van der Waals surface area contributed by atoms with E-state index in [0.29, 0.717) is 26.2 Å². The molecule has 0 aliphatic carbocycles. The number of aryl methyl sites for hydroxylation is 1. The average Bonchev–Trinajstić information content (AvgIpc) is 2.63. The molecular weight excluding hydrogens is 314 g/mol. The fraction of sp³-hybridized carbons (Fsp3) is 0.381. The van der Waals surface area contributed by atoms with Gasteiger partial charge in [0.1, 0.15) is 5.75 Å². The van der Waals surface area contributed by atoms with Crippen LogP contribution in [0.3, 0.4) is 0 Å². The number of amides is 1. The largest absolute Gasteiger partial charge is 0.480 e. The van der Waals surface area contributed by atoms with Gasteiger partial charge in [0.05, 0.1) is 13.2 Å². The smallest absolute Gasteiger partial charge is 0.261 e. The monoisotopic (exact) mass is 341 g/mol. The summed E-state index contributed by atoms with van der Waals surface area (Å²) in [5.41, 5.74) is 3.35. The first-order valence-electron chi connectivity index (χ1n) is 8.74. The summed E-state index contributed by atoms with van der Waals surface area (Å²) >= 11 is 0. The number of carbonyl (C=O) groups excluding carboxylic acids is 1. The predicted octanol–water partition coefficient (Wildman–Crippen LogP) is 3.79. The zero-order valence-electron chi connectivity index (χ0n) is 15.2. The molecule has 2 aromatic rings. The lowest BCUT2D eigenvalue weighted by atomic mass is 10.1. The number of hydrogen-bond acceptors (Lipinski definition) is 3. The molecule has 0 aliphatic rings. The maximum Gasteiger partial charge on any atom is 0.261 e. The molecule has 0 fully saturated rings. The van der Waals surface area contributed by atoms with E-state index >= 15 is 0 Å². The van der Waals surface area contributed by atoms with Gasteiger partial charge in [-0.15, -0.1) is 0 Å². The molecule has 1 atom stereocenters. The molecule has 0 saturated heterocycles. The van der Waals surface area contributed by atoms with E-state index in [1.807, 2.05) is 69.3 Å². The lowest BCUT2D eigenvalue weighted by Crippen LogP contribution is -2.39. The summed E-state index contributed by atoms with van der Waals surface area (Å²) in [4.78, 5) is 12.3. The van der Waals surface area contributed by atoms with Crippen LogP contribution in [0.25, 0.3) is 0 Å². The molecule has 1 N–H and O–H groups in total. The Bertz CT molecular complexity index is 670. The number of carbonyl (C=O) groups is 1. The molecule has 1 amide bonds. The molecule has 2 rings (SSSR count). The van der Waals surface area contributed by atoms with Crippen LogP contribution in [-0.4, -0.2) is 25.2 Å². The molecule has 4 heteroatoms. The summed E-state index contributed by atoms with van der Waals surface area (Å²) in [6.07, 6.45) is 0.124. The van der Waals surface area contributed by atoms with E-state index in [9.17, 15) is 4.79 Å². The highest BCUT2D eigenvalue weighted by atomic mass is 16.5. The van der Waals surface area contributed by atoms with Gasteiger partial charge in [0.25, 0.3) is 5.91 Å². The van der Waals surface area contributed by atoms with Gasteiger partial charge in [-0.3, -0.25) is 4.79 Å². The third-order valence-corrected chi connectivity index (χ3v) is 4.14. The van der Waals surface area contributed by atoms with Crippen molar-refractivity contribution in [3.05, 3.63) is 65.2 Å². The van der Waals surface area contributed by atoms with Crippen LogP contribution in [-0.2, 0) is 16.1 Å². The number of benzene rings is 2. The Balaban J connectivity index is 1.75. The fourth-order valence-electron chi connectivity index (χ4n) is 2.45. The number of ether oxygens (including phenoxy) is 2. The SMILES string of the molecule is CCC(Oc1cccc(C)c1C)C(=O)NCCOCc1ccccc1. The molecule has 134 valence electrons. The predicted molar refractivity (Wildman–Crippen MR) is 99.7 cm³/mol. The van der Waals surface area contributed by atoms with Crippen molar-refractivity contribution in [2.75, 3.05) is 13.2 Å². The molecule has 0 aromatic heterocycles. The lowest BCUT2D eigenvalue weighted by molar-refractivity contribution is -0.128. The highest BCUT2D eigenvalue weighted by molar-refractivity contribution is 5.81. The Kier molecular flexibility index (Phi) is 7.48. The molecule has 25 heavy (non-hydrogen) atoms. The Labute approximate surface area is 150 Å². The highest BCUT2D eigenvalue weighted by Crippen LogP contribution is 2.22. The second kappa shape index (κ2) is 9.84. The van der Waals surface area contributed by atoms with Gasteiger partial charge < -0.3 is 14.8 Å². The van der Waals surface area contributed by atoms with E-state index in [4.69, 9.17) is 9.47 Å². The molecule has 0 spiro atoms. The minimum atomic E-state index is -0.491. The van der Waals surface area contributed by atoms with Crippen LogP contribution in [0, 0.1) is 13.8 Å². The van der Waals surface area contributed by atoms with E-state index in [1.165, 1.54) is 0 Å². The zero-order valence-corrected chi connectivity index (χ0v) is 15.2. The molecule has 4 nitrogen and oxygen atoms in total. The first-order chi connectivity index (χ1) is 12.1. The average molecular weight is 341 g/mol. The molecule has 1 unspecified atom stereocenters. The minimum absolute atomic E-state index is 0.105. The van der Waals surface area contributed by atoms with Gasteiger partial charge in [-0.05, 0) is 43.0 Å². The van der Waals surface area contributed by atoms with Crippen LogP contribution in [0.2, 0.25) is 0 Å². The molecule has 0 heterocycles. The van der Waals surface area contributed by atoms with Crippen molar-refractivity contribution in [2.45, 2.75) is 39.9 Å². The first-order valence-corrected chi connectivity index (χ1v) is 8.74. The summed E-state index contributed by atoms with van der Waals surface area (Å²) in [6.45, 7) is 7.48. The van der Waals surface area contributed by atoms with Crippen LogP contribution >= 0.6 is 0 Å². The second-order valence-corrected chi connectivity index (χ2v) is 6.04. The van der Waals surface area contributed by atoms with Gasteiger partial charge in [-0.2, -0.15) is 0 Å². The lowest BCUT2D eigenvalue weighted by Gasteiger charge is -2.19. The van der Waals surface area contributed by atoms with Crippen molar-refractivity contribution in [1.82, 2.24) is 5.32 Å². The Morgan fingerprint density at radius 2 is 1.84 bits per heavy atom.